The van der Waals surface area contributed by atoms with Crippen LogP contribution < -0.4 is 10.9 Å². The summed E-state index contributed by atoms with van der Waals surface area (Å²) in [7, 11) is 0. The van der Waals surface area contributed by atoms with E-state index in [1.165, 1.54) is 6.42 Å². The van der Waals surface area contributed by atoms with Crippen LogP contribution in [0.3, 0.4) is 0 Å². The Morgan fingerprint density at radius 3 is 2.83 bits per heavy atom. The van der Waals surface area contributed by atoms with Crippen molar-refractivity contribution in [2.24, 2.45) is 0 Å². The van der Waals surface area contributed by atoms with E-state index in [0.29, 0.717) is 6.04 Å². The van der Waals surface area contributed by atoms with Crippen LogP contribution in [-0.4, -0.2) is 17.2 Å². The molecule has 1 N–H and O–H groups in total. The highest BCUT2D eigenvalue weighted by Crippen LogP contribution is 2.03. The number of rotatable bonds is 8. The predicted molar refractivity (Wildman–Crippen MR) is 77.0 cm³/mol. The molecule has 1 heterocycles. The van der Waals surface area contributed by atoms with Gasteiger partial charge in [-0.1, -0.05) is 19.9 Å². The van der Waals surface area contributed by atoms with E-state index >= 15 is 0 Å². The maximum absolute atomic E-state index is 11.8. The molecule has 0 aliphatic rings. The van der Waals surface area contributed by atoms with Crippen LogP contribution in [0.1, 0.15) is 45.1 Å². The number of nitrogens with zero attached hydrogens (tertiary/aromatic N) is 1. The van der Waals surface area contributed by atoms with Crippen molar-refractivity contribution in [3.8, 4) is 0 Å². The Kier molecular flexibility index (Phi) is 6.73. The molecule has 0 aromatic carbocycles. The van der Waals surface area contributed by atoms with Crippen molar-refractivity contribution in [3.63, 3.8) is 0 Å². The fourth-order valence-electron chi connectivity index (χ4n) is 2.14. The molecule has 0 radical (unpaired) electrons. The van der Waals surface area contributed by atoms with Gasteiger partial charge >= 0.3 is 0 Å². The van der Waals surface area contributed by atoms with Crippen LogP contribution >= 0.6 is 0 Å². The second-order valence-corrected chi connectivity index (χ2v) is 4.89. The van der Waals surface area contributed by atoms with Gasteiger partial charge in [-0.05, 0) is 45.2 Å². The normalized spacial score (nSPS) is 12.6. The van der Waals surface area contributed by atoms with Gasteiger partial charge in [-0.25, -0.2) is 0 Å². The van der Waals surface area contributed by atoms with E-state index in [0.717, 1.165) is 37.9 Å². The first-order chi connectivity index (χ1) is 8.69. The minimum absolute atomic E-state index is 0.145. The van der Waals surface area contributed by atoms with E-state index in [9.17, 15) is 4.79 Å². The molecule has 1 unspecified atom stereocenters. The van der Waals surface area contributed by atoms with Crippen LogP contribution in [-0.2, 0) is 6.54 Å². The molecule has 0 amide bonds. The van der Waals surface area contributed by atoms with Gasteiger partial charge in [-0.3, -0.25) is 4.79 Å². The lowest BCUT2D eigenvalue weighted by molar-refractivity contribution is 0.437. The molecule has 0 bridgehead atoms. The van der Waals surface area contributed by atoms with E-state index in [2.05, 4.69) is 19.2 Å². The minimum atomic E-state index is 0.145. The van der Waals surface area contributed by atoms with Gasteiger partial charge in [-0.15, -0.1) is 0 Å². The van der Waals surface area contributed by atoms with Crippen molar-refractivity contribution in [1.29, 1.82) is 0 Å². The summed E-state index contributed by atoms with van der Waals surface area (Å²) in [4.78, 5) is 11.8. The molecule has 0 aliphatic heterocycles. The molecule has 3 nitrogen and oxygen atoms in total. The largest absolute Gasteiger partial charge is 0.315 e. The molecule has 1 atom stereocenters. The Morgan fingerprint density at radius 1 is 1.39 bits per heavy atom. The lowest BCUT2D eigenvalue weighted by Gasteiger charge is -2.16. The number of hydrogen-bond donors (Lipinski definition) is 1. The Hall–Kier alpha value is -1.09. The molecule has 1 aromatic rings. The van der Waals surface area contributed by atoms with Crippen LogP contribution in [0.5, 0.6) is 0 Å². The summed E-state index contributed by atoms with van der Waals surface area (Å²) in [5.74, 6) is 0. The van der Waals surface area contributed by atoms with Crippen molar-refractivity contribution in [3.05, 3.63) is 34.2 Å². The molecule has 18 heavy (non-hydrogen) atoms. The lowest BCUT2D eigenvalue weighted by Crippen LogP contribution is -2.30. The molecule has 0 fully saturated rings. The first-order valence-electron chi connectivity index (χ1n) is 7.08. The van der Waals surface area contributed by atoms with Crippen molar-refractivity contribution in [2.45, 2.75) is 59.0 Å². The van der Waals surface area contributed by atoms with Gasteiger partial charge in [-0.2, -0.15) is 0 Å². The SMILES string of the molecule is CCCNC(CC)CCCn1cccc(C)c1=O. The van der Waals surface area contributed by atoms with Crippen LogP contribution in [0.25, 0.3) is 0 Å². The van der Waals surface area contributed by atoms with E-state index < -0.39 is 0 Å². The molecule has 3 heteroatoms. The highest BCUT2D eigenvalue weighted by Gasteiger charge is 2.05. The lowest BCUT2D eigenvalue weighted by atomic mass is 10.1. The second-order valence-electron chi connectivity index (χ2n) is 4.89. The summed E-state index contributed by atoms with van der Waals surface area (Å²) in [6.45, 7) is 8.18. The van der Waals surface area contributed by atoms with Crippen LogP contribution in [0.2, 0.25) is 0 Å². The Balaban J connectivity index is 2.40. The quantitative estimate of drug-likeness (QED) is 0.769. The smallest absolute Gasteiger partial charge is 0.253 e. The molecular formula is C15H26N2O. The Labute approximate surface area is 110 Å². The second kappa shape index (κ2) is 8.09. The third-order valence-corrected chi connectivity index (χ3v) is 3.34. The summed E-state index contributed by atoms with van der Waals surface area (Å²) < 4.78 is 1.82. The molecule has 0 saturated heterocycles. The Morgan fingerprint density at radius 2 is 2.17 bits per heavy atom. The van der Waals surface area contributed by atoms with Crippen LogP contribution in [0, 0.1) is 6.92 Å². The number of aryl methyl sites for hydroxylation is 2. The van der Waals surface area contributed by atoms with Gasteiger partial charge in [0.2, 0.25) is 0 Å². The first-order valence-corrected chi connectivity index (χ1v) is 7.08. The number of hydrogen-bond acceptors (Lipinski definition) is 2. The fourth-order valence-corrected chi connectivity index (χ4v) is 2.14. The van der Waals surface area contributed by atoms with Crippen LogP contribution in [0.4, 0.5) is 0 Å². The van der Waals surface area contributed by atoms with Crippen molar-refractivity contribution in [1.82, 2.24) is 9.88 Å². The molecule has 102 valence electrons. The van der Waals surface area contributed by atoms with Crippen molar-refractivity contribution in [2.75, 3.05) is 6.54 Å². The predicted octanol–water partition coefficient (Wildman–Crippen LogP) is 2.72. The molecule has 0 spiro atoms. The van der Waals surface area contributed by atoms with Gasteiger partial charge in [0.05, 0.1) is 0 Å². The summed E-state index contributed by atoms with van der Waals surface area (Å²) in [5, 5.41) is 3.54. The summed E-state index contributed by atoms with van der Waals surface area (Å²) in [6, 6.07) is 4.41. The van der Waals surface area contributed by atoms with Gasteiger partial charge in [0.15, 0.2) is 0 Å². The zero-order valence-electron chi connectivity index (χ0n) is 11.9. The summed E-state index contributed by atoms with van der Waals surface area (Å²) in [5.41, 5.74) is 0.973. The number of aromatic nitrogens is 1. The molecule has 0 aliphatic carbocycles. The Bertz CT molecular complexity index is 398. The van der Waals surface area contributed by atoms with E-state index in [1.807, 2.05) is 29.8 Å². The van der Waals surface area contributed by atoms with Crippen molar-refractivity contribution >= 4 is 0 Å². The zero-order chi connectivity index (χ0) is 13.4. The number of pyridine rings is 1. The minimum Gasteiger partial charge on any atom is -0.315 e. The number of nitrogens with one attached hydrogen (secondary N) is 1. The average molecular weight is 250 g/mol. The third-order valence-electron chi connectivity index (χ3n) is 3.34. The maximum atomic E-state index is 11.8. The molecule has 1 rings (SSSR count). The summed E-state index contributed by atoms with van der Waals surface area (Å²) in [6.07, 6.45) is 6.40. The molecule has 0 saturated carbocycles. The van der Waals surface area contributed by atoms with Gasteiger partial charge in [0, 0.05) is 24.3 Å². The zero-order valence-corrected chi connectivity index (χ0v) is 11.9. The van der Waals surface area contributed by atoms with Gasteiger partial charge in [0.1, 0.15) is 0 Å². The monoisotopic (exact) mass is 250 g/mol. The standard InChI is InChI=1S/C15H26N2O/c1-4-10-16-14(5-2)9-7-12-17-11-6-8-13(3)15(17)18/h6,8,11,14,16H,4-5,7,9-10,12H2,1-3H3. The van der Waals surface area contributed by atoms with Crippen molar-refractivity contribution < 1.29 is 0 Å². The third kappa shape index (κ3) is 4.65. The van der Waals surface area contributed by atoms with Gasteiger partial charge < -0.3 is 9.88 Å². The first kappa shape index (κ1) is 15.0. The van der Waals surface area contributed by atoms with Crippen LogP contribution in [0.15, 0.2) is 23.1 Å². The van der Waals surface area contributed by atoms with E-state index in [-0.39, 0.29) is 5.56 Å². The molecule has 1 aromatic heterocycles. The fraction of sp³-hybridized carbons (Fsp3) is 0.667. The van der Waals surface area contributed by atoms with E-state index in [4.69, 9.17) is 0 Å². The average Bonchev–Trinajstić information content (AvgIpc) is 2.38. The highest BCUT2D eigenvalue weighted by molar-refractivity contribution is 5.07. The highest BCUT2D eigenvalue weighted by atomic mass is 16.1. The summed E-state index contributed by atoms with van der Waals surface area (Å²) >= 11 is 0. The van der Waals surface area contributed by atoms with E-state index in [1.54, 1.807) is 0 Å². The maximum Gasteiger partial charge on any atom is 0.253 e. The molecular weight excluding hydrogens is 224 g/mol. The topological polar surface area (TPSA) is 34.0 Å². The van der Waals surface area contributed by atoms with Gasteiger partial charge in [0.25, 0.3) is 5.56 Å².